The highest BCUT2D eigenvalue weighted by molar-refractivity contribution is 5.90. The molecule has 0 spiro atoms. The van der Waals surface area contributed by atoms with Gasteiger partial charge in [-0.3, -0.25) is 9.59 Å². The first-order valence-corrected chi connectivity index (χ1v) is 7.28. The molecule has 2 amide bonds. The molecule has 1 fully saturated rings. The average Bonchev–Trinajstić information content (AvgIpc) is 2.41. The Labute approximate surface area is 116 Å². The summed E-state index contributed by atoms with van der Waals surface area (Å²) in [5.74, 6) is 0.455. The van der Waals surface area contributed by atoms with Crippen molar-refractivity contribution in [3.8, 4) is 0 Å². The van der Waals surface area contributed by atoms with Crippen molar-refractivity contribution in [3.63, 3.8) is 0 Å². The minimum atomic E-state index is -0.421. The van der Waals surface area contributed by atoms with E-state index in [1.54, 1.807) is 0 Å². The van der Waals surface area contributed by atoms with Gasteiger partial charge < -0.3 is 10.2 Å². The third kappa shape index (κ3) is 3.71. The maximum absolute atomic E-state index is 12.8. The topological polar surface area (TPSA) is 49.4 Å². The van der Waals surface area contributed by atoms with Crippen LogP contribution in [0.15, 0.2) is 0 Å². The van der Waals surface area contributed by atoms with Crippen LogP contribution in [0, 0.1) is 11.3 Å². The molecule has 0 saturated carbocycles. The molecule has 1 saturated heterocycles. The Kier molecular flexibility index (Phi) is 4.99. The Hall–Kier alpha value is -1.06. The van der Waals surface area contributed by atoms with Crippen molar-refractivity contribution >= 4 is 11.8 Å². The number of rotatable bonds is 3. The predicted octanol–water partition coefficient (Wildman–Crippen LogP) is 2.18. The Morgan fingerprint density at radius 1 is 1.32 bits per heavy atom. The number of nitrogens with zero attached hydrogens (tertiary/aromatic N) is 1. The van der Waals surface area contributed by atoms with Gasteiger partial charge in [0.15, 0.2) is 0 Å². The second-order valence-corrected chi connectivity index (χ2v) is 6.87. The van der Waals surface area contributed by atoms with Crippen LogP contribution in [0.2, 0.25) is 0 Å². The molecule has 0 bridgehead atoms. The largest absolute Gasteiger partial charge is 0.344 e. The minimum Gasteiger partial charge on any atom is -0.344 e. The molecule has 0 aromatic carbocycles. The van der Waals surface area contributed by atoms with Gasteiger partial charge >= 0.3 is 0 Å². The van der Waals surface area contributed by atoms with E-state index >= 15 is 0 Å². The van der Waals surface area contributed by atoms with Crippen molar-refractivity contribution in [2.75, 3.05) is 6.54 Å². The van der Waals surface area contributed by atoms with Gasteiger partial charge in [0, 0.05) is 19.0 Å². The standard InChI is InChI=1S/C15H28N2O2/c1-7-11(10(2)3)17-9-8-12(18)16-13(14(17)19)15(4,5)6/h10-11,13H,7-9H2,1-6H3,(H,16,18). The lowest BCUT2D eigenvalue weighted by atomic mass is 9.85. The molecule has 4 nitrogen and oxygen atoms in total. The molecule has 4 heteroatoms. The van der Waals surface area contributed by atoms with Gasteiger partial charge in [-0.25, -0.2) is 0 Å². The van der Waals surface area contributed by atoms with Crippen LogP contribution in [0.25, 0.3) is 0 Å². The molecular weight excluding hydrogens is 240 g/mol. The van der Waals surface area contributed by atoms with Gasteiger partial charge in [-0.15, -0.1) is 0 Å². The zero-order valence-corrected chi connectivity index (χ0v) is 13.1. The third-order valence-corrected chi connectivity index (χ3v) is 3.87. The van der Waals surface area contributed by atoms with Crippen LogP contribution < -0.4 is 5.32 Å². The van der Waals surface area contributed by atoms with Crippen molar-refractivity contribution in [1.82, 2.24) is 10.2 Å². The summed E-state index contributed by atoms with van der Waals surface area (Å²) in [6.07, 6.45) is 1.33. The molecular formula is C15H28N2O2. The Balaban J connectivity index is 3.05. The molecule has 1 N–H and O–H groups in total. The summed E-state index contributed by atoms with van der Waals surface area (Å²) in [5.41, 5.74) is -0.259. The van der Waals surface area contributed by atoms with Crippen LogP contribution in [0.4, 0.5) is 0 Å². The van der Waals surface area contributed by atoms with Crippen LogP contribution in [0.3, 0.4) is 0 Å². The number of nitrogens with one attached hydrogen (secondary N) is 1. The van der Waals surface area contributed by atoms with E-state index in [2.05, 4.69) is 26.1 Å². The summed E-state index contributed by atoms with van der Waals surface area (Å²) in [7, 11) is 0. The summed E-state index contributed by atoms with van der Waals surface area (Å²) in [6.45, 7) is 12.9. The minimum absolute atomic E-state index is 0.0191. The maximum Gasteiger partial charge on any atom is 0.245 e. The summed E-state index contributed by atoms with van der Waals surface area (Å²) in [4.78, 5) is 26.5. The van der Waals surface area contributed by atoms with Crippen molar-refractivity contribution in [3.05, 3.63) is 0 Å². The Morgan fingerprint density at radius 2 is 1.89 bits per heavy atom. The lowest BCUT2D eigenvalue weighted by molar-refractivity contribution is -0.139. The predicted molar refractivity (Wildman–Crippen MR) is 76.6 cm³/mol. The first kappa shape index (κ1) is 16.0. The van der Waals surface area contributed by atoms with E-state index < -0.39 is 6.04 Å². The number of carbonyl (C=O) groups excluding carboxylic acids is 2. The summed E-state index contributed by atoms with van der Waals surface area (Å²) < 4.78 is 0. The van der Waals surface area contributed by atoms with E-state index in [0.717, 1.165) is 6.42 Å². The highest BCUT2D eigenvalue weighted by Crippen LogP contribution is 2.26. The highest BCUT2D eigenvalue weighted by atomic mass is 16.2. The number of hydrogen-bond donors (Lipinski definition) is 1. The van der Waals surface area contributed by atoms with Gasteiger partial charge in [-0.1, -0.05) is 41.5 Å². The second-order valence-electron chi connectivity index (χ2n) is 6.87. The van der Waals surface area contributed by atoms with E-state index in [1.807, 2.05) is 25.7 Å². The molecule has 0 aromatic rings. The lowest BCUT2D eigenvalue weighted by Crippen LogP contribution is -2.54. The van der Waals surface area contributed by atoms with Crippen LogP contribution in [-0.2, 0) is 9.59 Å². The first-order chi connectivity index (χ1) is 8.68. The molecule has 0 radical (unpaired) electrons. The fraction of sp³-hybridized carbons (Fsp3) is 0.867. The van der Waals surface area contributed by atoms with Crippen molar-refractivity contribution < 1.29 is 9.59 Å². The van der Waals surface area contributed by atoms with Crippen LogP contribution in [0.5, 0.6) is 0 Å². The van der Waals surface area contributed by atoms with Gasteiger partial charge in [-0.05, 0) is 17.8 Å². The monoisotopic (exact) mass is 268 g/mol. The number of amides is 2. The number of carbonyl (C=O) groups is 2. The molecule has 2 atom stereocenters. The Morgan fingerprint density at radius 3 is 2.32 bits per heavy atom. The molecule has 1 aliphatic rings. The van der Waals surface area contributed by atoms with E-state index in [9.17, 15) is 9.59 Å². The third-order valence-electron chi connectivity index (χ3n) is 3.87. The SMILES string of the molecule is CCC(C(C)C)N1CCC(=O)NC(C(C)(C)C)C1=O. The van der Waals surface area contributed by atoms with E-state index in [-0.39, 0.29) is 23.3 Å². The normalized spacial score (nSPS) is 23.3. The van der Waals surface area contributed by atoms with Crippen LogP contribution >= 0.6 is 0 Å². The quantitative estimate of drug-likeness (QED) is 0.853. The first-order valence-electron chi connectivity index (χ1n) is 7.28. The molecule has 19 heavy (non-hydrogen) atoms. The molecule has 110 valence electrons. The fourth-order valence-electron chi connectivity index (χ4n) is 2.76. The summed E-state index contributed by atoms with van der Waals surface area (Å²) >= 11 is 0. The van der Waals surface area contributed by atoms with Gasteiger partial charge in [-0.2, -0.15) is 0 Å². The molecule has 1 aliphatic heterocycles. The summed E-state index contributed by atoms with van der Waals surface area (Å²) in [5, 5.41) is 2.89. The highest BCUT2D eigenvalue weighted by Gasteiger charge is 2.40. The summed E-state index contributed by atoms with van der Waals surface area (Å²) in [6, 6.07) is -0.208. The molecule has 0 aromatic heterocycles. The van der Waals surface area contributed by atoms with Crippen molar-refractivity contribution in [1.29, 1.82) is 0 Å². The van der Waals surface area contributed by atoms with Gasteiger partial charge in [0.1, 0.15) is 6.04 Å². The lowest BCUT2D eigenvalue weighted by Gasteiger charge is -2.37. The van der Waals surface area contributed by atoms with E-state index in [1.165, 1.54) is 0 Å². The van der Waals surface area contributed by atoms with Crippen molar-refractivity contribution in [2.24, 2.45) is 11.3 Å². The Bertz CT molecular complexity index is 345. The smallest absolute Gasteiger partial charge is 0.245 e. The second kappa shape index (κ2) is 5.93. The van der Waals surface area contributed by atoms with Crippen LogP contribution in [0.1, 0.15) is 54.4 Å². The number of hydrogen-bond acceptors (Lipinski definition) is 2. The molecule has 0 aliphatic carbocycles. The average molecular weight is 268 g/mol. The molecule has 1 heterocycles. The molecule has 1 rings (SSSR count). The van der Waals surface area contributed by atoms with Gasteiger partial charge in [0.2, 0.25) is 11.8 Å². The molecule has 2 unspecified atom stereocenters. The zero-order valence-electron chi connectivity index (χ0n) is 13.1. The van der Waals surface area contributed by atoms with Gasteiger partial charge in [0.25, 0.3) is 0 Å². The van der Waals surface area contributed by atoms with Crippen LogP contribution in [-0.4, -0.2) is 35.3 Å². The van der Waals surface area contributed by atoms with E-state index in [4.69, 9.17) is 0 Å². The fourth-order valence-corrected chi connectivity index (χ4v) is 2.76. The maximum atomic E-state index is 12.8. The van der Waals surface area contributed by atoms with Gasteiger partial charge in [0.05, 0.1) is 0 Å². The zero-order chi connectivity index (χ0) is 14.8. The van der Waals surface area contributed by atoms with E-state index in [0.29, 0.717) is 18.9 Å². The van der Waals surface area contributed by atoms with Crippen molar-refractivity contribution in [2.45, 2.75) is 66.5 Å².